The molecule has 1 amide bonds. The summed E-state index contributed by atoms with van der Waals surface area (Å²) in [5, 5.41) is 7.31. The van der Waals surface area contributed by atoms with Gasteiger partial charge in [0.15, 0.2) is 0 Å². The van der Waals surface area contributed by atoms with Crippen molar-refractivity contribution in [1.29, 1.82) is 0 Å². The van der Waals surface area contributed by atoms with Crippen molar-refractivity contribution >= 4 is 28.4 Å². The molecular weight excluding hydrogens is 330 g/mol. The van der Waals surface area contributed by atoms with E-state index in [0.717, 1.165) is 22.6 Å². The van der Waals surface area contributed by atoms with Crippen LogP contribution in [-0.2, 0) is 0 Å². The fourth-order valence-corrected chi connectivity index (χ4v) is 2.66. The number of hydrogen-bond acceptors (Lipinski definition) is 6. The van der Waals surface area contributed by atoms with Crippen molar-refractivity contribution in [1.82, 2.24) is 15.1 Å². The quantitative estimate of drug-likeness (QED) is 0.587. The van der Waals surface area contributed by atoms with Crippen LogP contribution in [0.4, 0.5) is 11.4 Å². The topological polar surface area (TPSA) is 107 Å². The molecule has 0 bridgehead atoms. The SMILES string of the molecule is Cc1noc2c(Nc3ccc(C(N)=O)cc3)cc(-c3cccnc3)nc12. The zero-order valence-corrected chi connectivity index (χ0v) is 13.9. The number of amides is 1. The number of nitrogens with zero attached hydrogens (tertiary/aromatic N) is 3. The van der Waals surface area contributed by atoms with E-state index in [-0.39, 0.29) is 0 Å². The number of carbonyl (C=O) groups excluding carboxylic acids is 1. The van der Waals surface area contributed by atoms with Crippen molar-refractivity contribution < 1.29 is 9.32 Å². The van der Waals surface area contributed by atoms with Crippen molar-refractivity contribution in [3.8, 4) is 11.3 Å². The van der Waals surface area contributed by atoms with Gasteiger partial charge in [0.2, 0.25) is 11.5 Å². The minimum Gasteiger partial charge on any atom is -0.366 e. The summed E-state index contributed by atoms with van der Waals surface area (Å²) in [5.74, 6) is -0.465. The number of nitrogens with one attached hydrogen (secondary N) is 1. The lowest BCUT2D eigenvalue weighted by atomic mass is 10.1. The number of nitrogens with two attached hydrogens (primary N) is 1. The average Bonchev–Trinajstić information content (AvgIpc) is 3.04. The Morgan fingerprint density at radius 2 is 2.00 bits per heavy atom. The van der Waals surface area contributed by atoms with E-state index in [1.54, 1.807) is 36.7 Å². The molecule has 7 heteroatoms. The number of anilines is 2. The third-order valence-corrected chi connectivity index (χ3v) is 4.00. The van der Waals surface area contributed by atoms with Crippen molar-refractivity contribution in [2.45, 2.75) is 6.92 Å². The molecule has 3 aromatic heterocycles. The van der Waals surface area contributed by atoms with Gasteiger partial charge in [0.1, 0.15) is 11.2 Å². The fourth-order valence-electron chi connectivity index (χ4n) is 2.66. The van der Waals surface area contributed by atoms with Crippen molar-refractivity contribution in [3.63, 3.8) is 0 Å². The maximum Gasteiger partial charge on any atom is 0.248 e. The van der Waals surface area contributed by atoms with Gasteiger partial charge in [-0.1, -0.05) is 5.16 Å². The highest BCUT2D eigenvalue weighted by molar-refractivity contribution is 5.94. The number of aryl methyl sites for hydroxylation is 1. The lowest BCUT2D eigenvalue weighted by Crippen LogP contribution is -2.10. The number of carbonyl (C=O) groups is 1. The minimum atomic E-state index is -0.465. The first kappa shape index (κ1) is 15.8. The standard InChI is InChI=1S/C19H15N5O2/c1-11-17-18(26-24-11)16(9-15(23-17)13-3-2-8-21-10-13)22-14-6-4-12(5-7-14)19(20)25/h2-10H,1H3,(H2,20,25)(H,22,23). The molecule has 0 aliphatic heterocycles. The van der Waals surface area contributed by atoms with Crippen molar-refractivity contribution in [2.24, 2.45) is 5.73 Å². The van der Waals surface area contributed by atoms with E-state index in [1.807, 2.05) is 25.1 Å². The van der Waals surface area contributed by atoms with Gasteiger partial charge in [-0.3, -0.25) is 9.78 Å². The van der Waals surface area contributed by atoms with Gasteiger partial charge in [-0.25, -0.2) is 4.98 Å². The second kappa shape index (κ2) is 6.29. The molecule has 26 heavy (non-hydrogen) atoms. The van der Waals surface area contributed by atoms with Crippen LogP contribution < -0.4 is 11.1 Å². The molecule has 3 N–H and O–H groups in total. The number of rotatable bonds is 4. The molecule has 7 nitrogen and oxygen atoms in total. The highest BCUT2D eigenvalue weighted by atomic mass is 16.5. The molecule has 0 saturated heterocycles. The van der Waals surface area contributed by atoms with Crippen LogP contribution in [0.25, 0.3) is 22.4 Å². The van der Waals surface area contributed by atoms with Crippen molar-refractivity contribution in [2.75, 3.05) is 5.32 Å². The monoisotopic (exact) mass is 345 g/mol. The molecular formula is C19H15N5O2. The number of pyridine rings is 2. The van der Waals surface area contributed by atoms with Crippen LogP contribution in [0.2, 0.25) is 0 Å². The van der Waals surface area contributed by atoms with E-state index in [0.29, 0.717) is 22.4 Å². The van der Waals surface area contributed by atoms with E-state index >= 15 is 0 Å². The second-order valence-electron chi connectivity index (χ2n) is 5.81. The first-order chi connectivity index (χ1) is 12.6. The maximum atomic E-state index is 11.2. The Morgan fingerprint density at radius 3 is 2.69 bits per heavy atom. The molecule has 0 saturated carbocycles. The summed E-state index contributed by atoms with van der Waals surface area (Å²) in [6, 6.07) is 12.6. The Bertz CT molecular complexity index is 1090. The molecule has 128 valence electrons. The molecule has 0 aliphatic rings. The molecule has 3 heterocycles. The molecule has 1 aromatic carbocycles. The van der Waals surface area contributed by atoms with Gasteiger partial charge in [-0.05, 0) is 49.4 Å². The highest BCUT2D eigenvalue weighted by Crippen LogP contribution is 2.31. The Morgan fingerprint density at radius 1 is 1.19 bits per heavy atom. The molecule has 0 atom stereocenters. The van der Waals surface area contributed by atoms with Gasteiger partial charge >= 0.3 is 0 Å². The summed E-state index contributed by atoms with van der Waals surface area (Å²) >= 11 is 0. The van der Waals surface area contributed by atoms with Crippen LogP contribution in [0.1, 0.15) is 16.1 Å². The van der Waals surface area contributed by atoms with Crippen molar-refractivity contribution in [3.05, 3.63) is 66.1 Å². The van der Waals surface area contributed by atoms with Crippen LogP contribution in [-0.4, -0.2) is 21.0 Å². The van der Waals surface area contributed by atoms with E-state index in [2.05, 4.69) is 20.4 Å². The first-order valence-corrected chi connectivity index (χ1v) is 7.96. The largest absolute Gasteiger partial charge is 0.366 e. The van der Waals surface area contributed by atoms with Gasteiger partial charge in [-0.2, -0.15) is 0 Å². The summed E-state index contributed by atoms with van der Waals surface area (Å²) in [5.41, 5.74) is 10.8. The molecule has 0 spiro atoms. The third kappa shape index (κ3) is 2.86. The smallest absolute Gasteiger partial charge is 0.248 e. The summed E-state index contributed by atoms with van der Waals surface area (Å²) in [6.45, 7) is 1.84. The van der Waals surface area contributed by atoms with Crippen LogP contribution in [0.15, 0.2) is 59.4 Å². The molecule has 0 radical (unpaired) electrons. The summed E-state index contributed by atoms with van der Waals surface area (Å²) in [6.07, 6.45) is 3.47. The number of fused-ring (bicyclic) bond motifs is 1. The normalized spacial score (nSPS) is 10.8. The number of primary amides is 1. The summed E-state index contributed by atoms with van der Waals surface area (Å²) < 4.78 is 5.44. The number of benzene rings is 1. The van der Waals surface area contributed by atoms with E-state index in [9.17, 15) is 4.79 Å². The van der Waals surface area contributed by atoms with E-state index in [4.69, 9.17) is 10.3 Å². The van der Waals surface area contributed by atoms with Gasteiger partial charge in [0, 0.05) is 29.2 Å². The highest BCUT2D eigenvalue weighted by Gasteiger charge is 2.15. The van der Waals surface area contributed by atoms with Gasteiger partial charge in [-0.15, -0.1) is 0 Å². The number of hydrogen-bond donors (Lipinski definition) is 2. The van der Waals surface area contributed by atoms with Crippen LogP contribution >= 0.6 is 0 Å². The molecule has 4 aromatic rings. The predicted molar refractivity (Wildman–Crippen MR) is 98.0 cm³/mol. The molecule has 0 unspecified atom stereocenters. The maximum absolute atomic E-state index is 11.2. The third-order valence-electron chi connectivity index (χ3n) is 4.00. The first-order valence-electron chi connectivity index (χ1n) is 7.96. The minimum absolute atomic E-state index is 0.446. The van der Waals surface area contributed by atoms with E-state index < -0.39 is 5.91 Å². The number of aromatic nitrogens is 3. The Hall–Kier alpha value is -3.74. The lowest BCUT2D eigenvalue weighted by molar-refractivity contribution is 0.100. The Balaban J connectivity index is 1.79. The molecule has 0 fully saturated rings. The zero-order valence-electron chi connectivity index (χ0n) is 13.9. The second-order valence-corrected chi connectivity index (χ2v) is 5.81. The average molecular weight is 345 g/mol. The lowest BCUT2D eigenvalue weighted by Gasteiger charge is -2.09. The predicted octanol–water partition coefficient (Wildman–Crippen LogP) is 3.44. The molecule has 4 rings (SSSR count). The van der Waals surface area contributed by atoms with Gasteiger partial charge < -0.3 is 15.6 Å². The summed E-state index contributed by atoms with van der Waals surface area (Å²) in [7, 11) is 0. The summed E-state index contributed by atoms with van der Waals surface area (Å²) in [4.78, 5) is 20.0. The van der Waals surface area contributed by atoms with Gasteiger partial charge in [0.05, 0.1) is 11.4 Å². The van der Waals surface area contributed by atoms with Crippen LogP contribution in [0.5, 0.6) is 0 Å². The molecule has 0 aliphatic carbocycles. The van der Waals surface area contributed by atoms with Crippen LogP contribution in [0, 0.1) is 6.92 Å². The van der Waals surface area contributed by atoms with Gasteiger partial charge in [0.25, 0.3) is 0 Å². The Kier molecular flexibility index (Phi) is 3.81. The van der Waals surface area contributed by atoms with Crippen LogP contribution in [0.3, 0.4) is 0 Å². The Labute approximate surface area is 148 Å². The fraction of sp³-hybridized carbons (Fsp3) is 0.0526. The van der Waals surface area contributed by atoms with E-state index in [1.165, 1.54) is 0 Å². The zero-order chi connectivity index (χ0) is 18.1.